The van der Waals surface area contributed by atoms with E-state index in [9.17, 15) is 19.5 Å². The maximum atomic E-state index is 14.5. The zero-order valence-corrected chi connectivity index (χ0v) is 24.4. The first-order valence-corrected chi connectivity index (χ1v) is 15.5. The molecule has 1 spiro atoms. The smallest absolute Gasteiger partial charge is 0.244 e. The molecule has 0 radical (unpaired) electrons. The van der Waals surface area contributed by atoms with Gasteiger partial charge in [0.25, 0.3) is 0 Å². The summed E-state index contributed by atoms with van der Waals surface area (Å²) < 4.78 is -0.712. The first kappa shape index (κ1) is 28.7. The summed E-state index contributed by atoms with van der Waals surface area (Å²) in [5, 5.41) is 16.9. The molecule has 3 N–H and O–H groups in total. The molecule has 3 saturated heterocycles. The predicted molar refractivity (Wildman–Crippen MR) is 157 cm³/mol. The summed E-state index contributed by atoms with van der Waals surface area (Å²) in [6.45, 7) is 6.33. The lowest BCUT2D eigenvalue weighted by molar-refractivity contribution is -0.143. The molecule has 0 aliphatic carbocycles. The molecule has 40 heavy (non-hydrogen) atoms. The van der Waals surface area contributed by atoms with Crippen LogP contribution in [0.15, 0.2) is 60.7 Å². The van der Waals surface area contributed by atoms with Crippen LogP contribution in [0.1, 0.15) is 51.2 Å². The van der Waals surface area contributed by atoms with Crippen molar-refractivity contribution in [3.05, 3.63) is 71.8 Å². The van der Waals surface area contributed by atoms with Gasteiger partial charge in [-0.25, -0.2) is 0 Å². The van der Waals surface area contributed by atoms with Crippen LogP contribution >= 0.6 is 11.8 Å². The summed E-state index contributed by atoms with van der Waals surface area (Å²) in [4.78, 5) is 44.0. The molecule has 8 heteroatoms. The minimum Gasteiger partial charge on any atom is -0.394 e. The van der Waals surface area contributed by atoms with Gasteiger partial charge in [-0.15, -0.1) is 11.8 Å². The van der Waals surface area contributed by atoms with Gasteiger partial charge in [0.05, 0.1) is 29.2 Å². The van der Waals surface area contributed by atoms with E-state index < -0.39 is 28.7 Å². The number of rotatable bonds is 11. The summed E-state index contributed by atoms with van der Waals surface area (Å²) >= 11 is 1.67. The lowest BCUT2D eigenvalue weighted by Gasteiger charge is -2.40. The number of fused-ring (bicyclic) bond motifs is 1. The molecule has 7 nitrogen and oxygen atoms in total. The standard InChI is InChI=1S/C32H41N3O4S/c1-4-11-21(3)34-30(38)28-32-20(2)16-25(40-32)26(29(37)33-18-23-14-9-6-10-15-23)27(32)31(39)35(28)24(19-36)17-22-12-7-5-8-13-22/h5-10,12-15,20-21,24-28,36H,4,11,16-19H2,1-3H3,(H,33,37)(H,34,38)/t20?,21?,24-,25+,26-,27+,28?,32?/m1/s1. The van der Waals surface area contributed by atoms with Crippen molar-refractivity contribution >= 4 is 29.5 Å². The minimum absolute atomic E-state index is 0.0214. The van der Waals surface area contributed by atoms with E-state index in [1.165, 1.54) is 0 Å². The van der Waals surface area contributed by atoms with E-state index in [1.807, 2.05) is 67.6 Å². The van der Waals surface area contributed by atoms with Crippen LogP contribution in [0, 0.1) is 17.8 Å². The molecule has 2 bridgehead atoms. The number of nitrogens with zero attached hydrogens (tertiary/aromatic N) is 1. The Balaban J connectivity index is 1.49. The monoisotopic (exact) mass is 563 g/mol. The molecule has 0 saturated carbocycles. The first-order valence-electron chi connectivity index (χ1n) is 14.6. The fourth-order valence-corrected chi connectivity index (χ4v) is 9.73. The quantitative estimate of drug-likeness (QED) is 0.389. The van der Waals surface area contributed by atoms with Gasteiger partial charge in [-0.3, -0.25) is 14.4 Å². The van der Waals surface area contributed by atoms with E-state index in [0.29, 0.717) is 13.0 Å². The summed E-state index contributed by atoms with van der Waals surface area (Å²) in [5.74, 6) is -1.52. The van der Waals surface area contributed by atoms with Gasteiger partial charge in [-0.1, -0.05) is 80.9 Å². The molecule has 3 fully saturated rings. The average molecular weight is 564 g/mol. The molecule has 214 valence electrons. The van der Waals surface area contributed by atoms with Gasteiger partial charge in [0, 0.05) is 17.8 Å². The van der Waals surface area contributed by atoms with E-state index >= 15 is 0 Å². The average Bonchev–Trinajstić information content (AvgIpc) is 3.55. The molecule has 3 heterocycles. The van der Waals surface area contributed by atoms with Crippen LogP contribution in [-0.2, 0) is 27.3 Å². The fourth-order valence-electron chi connectivity index (χ4n) is 7.32. The van der Waals surface area contributed by atoms with Crippen LogP contribution in [0.2, 0.25) is 0 Å². The number of hydrogen-bond acceptors (Lipinski definition) is 5. The van der Waals surface area contributed by atoms with Gasteiger partial charge < -0.3 is 20.6 Å². The van der Waals surface area contributed by atoms with Crippen LogP contribution in [0.25, 0.3) is 0 Å². The van der Waals surface area contributed by atoms with Gasteiger partial charge >= 0.3 is 0 Å². The van der Waals surface area contributed by atoms with Crippen molar-refractivity contribution in [2.24, 2.45) is 17.8 Å². The largest absolute Gasteiger partial charge is 0.394 e. The maximum absolute atomic E-state index is 14.5. The molecule has 5 rings (SSSR count). The number of carbonyl (C=O) groups excluding carboxylic acids is 3. The highest BCUT2D eigenvalue weighted by Gasteiger charge is 2.76. The van der Waals surface area contributed by atoms with E-state index in [1.54, 1.807) is 16.7 Å². The number of thioether (sulfide) groups is 1. The van der Waals surface area contributed by atoms with Gasteiger partial charge in [0.15, 0.2) is 0 Å². The normalized spacial score (nSPS) is 30.1. The zero-order valence-electron chi connectivity index (χ0n) is 23.6. The van der Waals surface area contributed by atoms with E-state index in [2.05, 4.69) is 24.5 Å². The molecular weight excluding hydrogens is 522 g/mol. The molecule has 2 aromatic rings. The first-order chi connectivity index (χ1) is 19.3. The van der Waals surface area contributed by atoms with Crippen LogP contribution < -0.4 is 10.6 Å². The number of benzene rings is 2. The SMILES string of the molecule is CCCC(C)NC(=O)C1N([C@@H](CO)Cc2ccccc2)C(=O)[C@@H]2[C@H](C(=O)NCc3ccccc3)[C@@H]3CC(C)C12S3. The topological polar surface area (TPSA) is 98.7 Å². The Hall–Kier alpha value is -2.84. The van der Waals surface area contributed by atoms with Crippen molar-refractivity contribution in [3.8, 4) is 0 Å². The second-order valence-electron chi connectivity index (χ2n) is 11.7. The highest BCUT2D eigenvalue weighted by molar-refractivity contribution is 8.02. The Morgan fingerprint density at radius 3 is 2.35 bits per heavy atom. The van der Waals surface area contributed by atoms with Gasteiger partial charge in [-0.2, -0.15) is 0 Å². The number of carbonyl (C=O) groups is 3. The highest BCUT2D eigenvalue weighted by atomic mass is 32.2. The number of amides is 3. The number of aliphatic hydroxyl groups excluding tert-OH is 1. The predicted octanol–water partition coefficient (Wildman–Crippen LogP) is 3.55. The number of aliphatic hydroxyl groups is 1. The lowest BCUT2D eigenvalue weighted by Crippen LogP contribution is -2.59. The minimum atomic E-state index is -0.748. The summed E-state index contributed by atoms with van der Waals surface area (Å²) in [6, 6.07) is 18.2. The third-order valence-corrected chi connectivity index (χ3v) is 11.1. The maximum Gasteiger partial charge on any atom is 0.244 e. The van der Waals surface area contributed by atoms with Crippen molar-refractivity contribution in [3.63, 3.8) is 0 Å². The van der Waals surface area contributed by atoms with Crippen LogP contribution in [-0.4, -0.2) is 62.5 Å². The number of nitrogens with one attached hydrogen (secondary N) is 2. The zero-order chi connectivity index (χ0) is 28.4. The Bertz CT molecular complexity index is 1210. The lowest BCUT2D eigenvalue weighted by atomic mass is 9.65. The van der Waals surface area contributed by atoms with E-state index in [0.717, 1.165) is 30.4 Å². The van der Waals surface area contributed by atoms with Gasteiger partial charge in [0.1, 0.15) is 6.04 Å². The second-order valence-corrected chi connectivity index (χ2v) is 13.3. The van der Waals surface area contributed by atoms with E-state index in [-0.39, 0.29) is 41.5 Å². The Morgan fingerprint density at radius 2 is 1.73 bits per heavy atom. The number of hydrogen-bond donors (Lipinski definition) is 3. The third-order valence-electron chi connectivity index (χ3n) is 9.07. The van der Waals surface area contributed by atoms with Gasteiger partial charge in [-0.05, 0) is 43.2 Å². The summed E-state index contributed by atoms with van der Waals surface area (Å²) in [7, 11) is 0. The van der Waals surface area contributed by atoms with Crippen molar-refractivity contribution in [2.45, 2.75) is 81.1 Å². The van der Waals surface area contributed by atoms with Crippen LogP contribution in [0.4, 0.5) is 0 Å². The molecule has 2 aromatic carbocycles. The summed E-state index contributed by atoms with van der Waals surface area (Å²) in [6.07, 6.45) is 2.99. The highest BCUT2D eigenvalue weighted by Crippen LogP contribution is 2.68. The van der Waals surface area contributed by atoms with Crippen molar-refractivity contribution in [1.82, 2.24) is 15.5 Å². The molecular formula is C32H41N3O4S. The van der Waals surface area contributed by atoms with Crippen molar-refractivity contribution in [1.29, 1.82) is 0 Å². The molecule has 3 aliphatic rings. The number of likely N-dealkylation sites (tertiary alicyclic amines) is 1. The third kappa shape index (κ3) is 5.05. The Kier molecular flexibility index (Phi) is 8.57. The van der Waals surface area contributed by atoms with Crippen LogP contribution in [0.5, 0.6) is 0 Å². The Morgan fingerprint density at radius 1 is 1.07 bits per heavy atom. The van der Waals surface area contributed by atoms with Crippen molar-refractivity contribution < 1.29 is 19.5 Å². The second kappa shape index (κ2) is 12.0. The molecule has 3 amide bonds. The molecule has 4 unspecified atom stereocenters. The van der Waals surface area contributed by atoms with E-state index in [4.69, 9.17) is 0 Å². The molecule has 8 atom stereocenters. The van der Waals surface area contributed by atoms with Gasteiger partial charge in [0.2, 0.25) is 17.7 Å². The summed E-state index contributed by atoms with van der Waals surface area (Å²) in [5.41, 5.74) is 1.99. The van der Waals surface area contributed by atoms with Crippen LogP contribution in [0.3, 0.4) is 0 Å². The Labute approximate surface area is 241 Å². The fraction of sp³-hybridized carbons (Fsp3) is 0.531. The van der Waals surface area contributed by atoms with Crippen molar-refractivity contribution in [2.75, 3.05) is 6.61 Å². The molecule has 3 aliphatic heterocycles. The molecule has 0 aromatic heterocycles.